The van der Waals surface area contributed by atoms with E-state index >= 15 is 0 Å². The number of aromatic nitrogens is 1. The van der Waals surface area contributed by atoms with Gasteiger partial charge >= 0.3 is 0 Å². The van der Waals surface area contributed by atoms with Gasteiger partial charge in [-0.2, -0.15) is 0 Å². The second-order valence-electron chi connectivity index (χ2n) is 5.73. The standard InChI is InChI=1S/C19H19ClFN3O4/c1-12(24-19(27)17-5-2-13(10-25)9-23-17)6-7-22-18(26)11-28-14-3-4-15(20)16(21)8-14/h2-5,8-9,25H,1,6-7,10-11H2,(H,22,26)(H,24,27). The number of pyridine rings is 1. The molecule has 9 heteroatoms. The molecule has 0 saturated carbocycles. The molecule has 2 rings (SSSR count). The molecule has 7 nitrogen and oxygen atoms in total. The van der Waals surface area contributed by atoms with Crippen molar-refractivity contribution in [2.75, 3.05) is 13.2 Å². The lowest BCUT2D eigenvalue weighted by atomic mass is 10.2. The molecule has 0 aliphatic carbocycles. The molecule has 2 aromatic rings. The van der Waals surface area contributed by atoms with Crippen LogP contribution in [0.2, 0.25) is 5.02 Å². The Balaban J connectivity index is 1.68. The van der Waals surface area contributed by atoms with Gasteiger partial charge < -0.3 is 20.5 Å². The maximum Gasteiger partial charge on any atom is 0.273 e. The highest BCUT2D eigenvalue weighted by atomic mass is 35.5. The van der Waals surface area contributed by atoms with E-state index in [0.29, 0.717) is 17.7 Å². The van der Waals surface area contributed by atoms with E-state index in [9.17, 15) is 14.0 Å². The summed E-state index contributed by atoms with van der Waals surface area (Å²) in [5.41, 5.74) is 1.19. The molecule has 148 valence electrons. The average Bonchev–Trinajstić information content (AvgIpc) is 2.69. The van der Waals surface area contributed by atoms with Crippen molar-refractivity contribution in [1.29, 1.82) is 0 Å². The molecule has 0 unspecified atom stereocenters. The number of rotatable bonds is 9. The van der Waals surface area contributed by atoms with Crippen LogP contribution >= 0.6 is 11.6 Å². The summed E-state index contributed by atoms with van der Waals surface area (Å²) in [5.74, 6) is -1.29. The van der Waals surface area contributed by atoms with Crippen molar-refractivity contribution in [2.24, 2.45) is 0 Å². The van der Waals surface area contributed by atoms with Gasteiger partial charge in [-0.15, -0.1) is 0 Å². The highest BCUT2D eigenvalue weighted by Crippen LogP contribution is 2.20. The van der Waals surface area contributed by atoms with Gasteiger partial charge in [-0.3, -0.25) is 14.6 Å². The number of nitrogens with zero attached hydrogens (tertiary/aromatic N) is 1. The van der Waals surface area contributed by atoms with Crippen LogP contribution in [0.5, 0.6) is 5.75 Å². The molecular weight excluding hydrogens is 389 g/mol. The number of benzene rings is 1. The predicted octanol–water partition coefficient (Wildman–Crippen LogP) is 2.20. The highest BCUT2D eigenvalue weighted by molar-refractivity contribution is 6.30. The van der Waals surface area contributed by atoms with E-state index < -0.39 is 17.6 Å². The lowest BCUT2D eigenvalue weighted by Gasteiger charge is -2.10. The van der Waals surface area contributed by atoms with Gasteiger partial charge in [0.05, 0.1) is 11.6 Å². The molecule has 3 N–H and O–H groups in total. The fourth-order valence-electron chi connectivity index (χ4n) is 2.06. The number of ether oxygens (including phenoxy) is 1. The fourth-order valence-corrected chi connectivity index (χ4v) is 2.18. The summed E-state index contributed by atoms with van der Waals surface area (Å²) in [6.45, 7) is 3.51. The van der Waals surface area contributed by atoms with Gasteiger partial charge in [-0.05, 0) is 23.8 Å². The third-order valence-corrected chi connectivity index (χ3v) is 3.85. The highest BCUT2D eigenvalue weighted by Gasteiger charge is 2.09. The predicted molar refractivity (Wildman–Crippen MR) is 101 cm³/mol. The minimum absolute atomic E-state index is 0.0306. The summed E-state index contributed by atoms with van der Waals surface area (Å²) in [6.07, 6.45) is 1.71. The number of amides is 2. The summed E-state index contributed by atoms with van der Waals surface area (Å²) in [6, 6.07) is 6.97. The van der Waals surface area contributed by atoms with E-state index in [1.165, 1.54) is 24.4 Å². The summed E-state index contributed by atoms with van der Waals surface area (Å²) < 4.78 is 18.5. The molecule has 2 amide bonds. The maximum atomic E-state index is 13.3. The van der Waals surface area contributed by atoms with Gasteiger partial charge in [0.15, 0.2) is 6.61 Å². The quantitative estimate of drug-likeness (QED) is 0.591. The molecule has 1 aromatic carbocycles. The molecule has 0 saturated heterocycles. The number of halogens is 2. The first-order valence-electron chi connectivity index (χ1n) is 8.28. The summed E-state index contributed by atoms with van der Waals surface area (Å²) >= 11 is 5.57. The second-order valence-corrected chi connectivity index (χ2v) is 6.14. The largest absolute Gasteiger partial charge is 0.484 e. The zero-order valence-corrected chi connectivity index (χ0v) is 15.6. The first-order valence-corrected chi connectivity index (χ1v) is 8.66. The number of aliphatic hydroxyl groups is 1. The Morgan fingerprint density at radius 2 is 2.07 bits per heavy atom. The van der Waals surface area contributed by atoms with Crippen LogP contribution < -0.4 is 15.4 Å². The molecule has 0 aliphatic heterocycles. The SMILES string of the molecule is C=C(CCNC(=O)COc1ccc(Cl)c(F)c1)NC(=O)c1ccc(CO)cn1. The number of hydrogen-bond donors (Lipinski definition) is 3. The van der Waals surface area contributed by atoms with Crippen molar-refractivity contribution in [2.45, 2.75) is 13.0 Å². The fraction of sp³-hybridized carbons (Fsp3) is 0.211. The van der Waals surface area contributed by atoms with Gasteiger partial charge in [0.25, 0.3) is 11.8 Å². The van der Waals surface area contributed by atoms with Gasteiger partial charge in [0, 0.05) is 30.9 Å². The zero-order chi connectivity index (χ0) is 20.5. The van der Waals surface area contributed by atoms with E-state index in [0.717, 1.165) is 6.07 Å². The molecule has 0 radical (unpaired) electrons. The molecule has 28 heavy (non-hydrogen) atoms. The van der Waals surface area contributed by atoms with Crippen molar-refractivity contribution in [3.63, 3.8) is 0 Å². The Hall–Kier alpha value is -2.97. The molecule has 1 heterocycles. The molecule has 0 fully saturated rings. The van der Waals surface area contributed by atoms with E-state index in [1.807, 2.05) is 0 Å². The Labute approximate surface area is 166 Å². The van der Waals surface area contributed by atoms with Gasteiger partial charge in [0.2, 0.25) is 0 Å². The van der Waals surface area contributed by atoms with Crippen LogP contribution in [0.25, 0.3) is 0 Å². The summed E-state index contributed by atoms with van der Waals surface area (Å²) in [4.78, 5) is 27.7. The second kappa shape index (κ2) is 10.4. The molecular formula is C19H19ClFN3O4. The van der Waals surface area contributed by atoms with Gasteiger partial charge in [0.1, 0.15) is 17.3 Å². The van der Waals surface area contributed by atoms with Crippen molar-refractivity contribution in [3.05, 3.63) is 70.9 Å². The zero-order valence-electron chi connectivity index (χ0n) is 14.9. The smallest absolute Gasteiger partial charge is 0.273 e. The van der Waals surface area contributed by atoms with E-state index in [2.05, 4.69) is 22.2 Å². The van der Waals surface area contributed by atoms with Crippen LogP contribution in [-0.2, 0) is 11.4 Å². The van der Waals surface area contributed by atoms with Gasteiger partial charge in [-0.1, -0.05) is 24.2 Å². The Bertz CT molecular complexity index is 859. The topological polar surface area (TPSA) is 101 Å². The number of carbonyl (C=O) groups excluding carboxylic acids is 2. The normalized spacial score (nSPS) is 10.2. The van der Waals surface area contributed by atoms with Crippen LogP contribution in [0.4, 0.5) is 4.39 Å². The van der Waals surface area contributed by atoms with Crippen LogP contribution in [0.15, 0.2) is 48.8 Å². The van der Waals surface area contributed by atoms with Crippen molar-refractivity contribution >= 4 is 23.4 Å². The Kier molecular flexibility index (Phi) is 7.91. The van der Waals surface area contributed by atoms with E-state index in [1.54, 1.807) is 6.07 Å². The molecule has 0 atom stereocenters. The van der Waals surface area contributed by atoms with E-state index in [-0.39, 0.29) is 36.2 Å². The summed E-state index contributed by atoms with van der Waals surface area (Å²) in [7, 11) is 0. The molecule has 0 aliphatic rings. The average molecular weight is 408 g/mol. The first-order chi connectivity index (χ1) is 13.4. The van der Waals surface area contributed by atoms with Crippen molar-refractivity contribution < 1.29 is 23.8 Å². The van der Waals surface area contributed by atoms with Crippen molar-refractivity contribution in [3.8, 4) is 5.75 Å². The maximum absolute atomic E-state index is 13.3. The third-order valence-electron chi connectivity index (χ3n) is 3.54. The number of carbonyl (C=O) groups is 2. The Morgan fingerprint density at radius 1 is 1.29 bits per heavy atom. The van der Waals surface area contributed by atoms with Gasteiger partial charge in [-0.25, -0.2) is 4.39 Å². The third kappa shape index (κ3) is 6.64. The lowest BCUT2D eigenvalue weighted by molar-refractivity contribution is -0.123. The number of aliphatic hydroxyl groups excluding tert-OH is 1. The molecule has 1 aromatic heterocycles. The monoisotopic (exact) mass is 407 g/mol. The number of nitrogens with one attached hydrogen (secondary N) is 2. The Morgan fingerprint density at radius 3 is 2.71 bits per heavy atom. The summed E-state index contributed by atoms with van der Waals surface area (Å²) in [5, 5.41) is 14.1. The lowest BCUT2D eigenvalue weighted by Crippen LogP contribution is -2.31. The number of hydrogen-bond acceptors (Lipinski definition) is 5. The van der Waals surface area contributed by atoms with Crippen molar-refractivity contribution in [1.82, 2.24) is 15.6 Å². The van der Waals surface area contributed by atoms with Crippen LogP contribution in [-0.4, -0.2) is 35.1 Å². The van der Waals surface area contributed by atoms with Crippen LogP contribution in [0, 0.1) is 5.82 Å². The van der Waals surface area contributed by atoms with E-state index in [4.69, 9.17) is 21.4 Å². The molecule has 0 bridgehead atoms. The van der Waals surface area contributed by atoms with Crippen LogP contribution in [0.3, 0.4) is 0 Å². The first kappa shape index (κ1) is 21.3. The van der Waals surface area contributed by atoms with Crippen LogP contribution in [0.1, 0.15) is 22.5 Å². The molecule has 0 spiro atoms. The minimum Gasteiger partial charge on any atom is -0.484 e. The minimum atomic E-state index is -0.632.